The van der Waals surface area contributed by atoms with Crippen molar-refractivity contribution in [2.24, 2.45) is 0 Å². The number of aromatic nitrogens is 1. The number of hydrogen-bond donors (Lipinski definition) is 1. The lowest BCUT2D eigenvalue weighted by atomic mass is 9.96. The van der Waals surface area contributed by atoms with E-state index in [1.54, 1.807) is 0 Å². The molecule has 2 heterocycles. The molecule has 1 aliphatic rings. The maximum Gasteiger partial charge on any atom is 0.221 e. The number of likely N-dealkylation sites (tertiary alicyclic amines) is 1. The van der Waals surface area contributed by atoms with Crippen molar-refractivity contribution >= 4 is 40.2 Å². The van der Waals surface area contributed by atoms with E-state index in [4.69, 9.17) is 27.6 Å². The molecule has 1 N–H and O–H groups in total. The first-order valence-corrected chi connectivity index (χ1v) is 10.6. The van der Waals surface area contributed by atoms with Crippen molar-refractivity contribution in [1.29, 1.82) is 0 Å². The van der Waals surface area contributed by atoms with E-state index in [2.05, 4.69) is 15.2 Å². The fraction of sp³-hybridized carbons (Fsp3) is 0.364. The Bertz CT molecular complexity index is 997. The van der Waals surface area contributed by atoms with Gasteiger partial charge in [-0.3, -0.25) is 4.79 Å². The van der Waals surface area contributed by atoms with Gasteiger partial charge in [0.2, 0.25) is 5.91 Å². The van der Waals surface area contributed by atoms with E-state index in [1.165, 1.54) is 0 Å². The first kappa shape index (κ1) is 20.2. The molecule has 5 nitrogen and oxygen atoms in total. The summed E-state index contributed by atoms with van der Waals surface area (Å²) in [5.74, 6) is 1.15. The number of nitrogens with one attached hydrogen (secondary N) is 1. The second-order valence-corrected chi connectivity index (χ2v) is 8.24. The monoisotopic (exact) mass is 431 g/mol. The number of fused-ring (bicyclic) bond motifs is 1. The largest absolute Gasteiger partial charge is 0.440 e. The molecule has 152 valence electrons. The predicted octanol–water partition coefficient (Wildman–Crippen LogP) is 5.02. The number of halogens is 2. The molecule has 29 heavy (non-hydrogen) atoms. The van der Waals surface area contributed by atoms with E-state index in [0.29, 0.717) is 28.9 Å². The molecule has 0 aliphatic carbocycles. The molecular formula is C22H23Cl2N3O2. The van der Waals surface area contributed by atoms with Gasteiger partial charge in [-0.1, -0.05) is 41.4 Å². The molecule has 2 aromatic carbocycles. The zero-order valence-electron chi connectivity index (χ0n) is 16.0. The Morgan fingerprint density at radius 2 is 1.97 bits per heavy atom. The molecule has 1 saturated heterocycles. The van der Waals surface area contributed by atoms with Crippen molar-refractivity contribution in [3.05, 3.63) is 64.0 Å². The average Bonchev–Trinajstić information content (AvgIpc) is 3.15. The van der Waals surface area contributed by atoms with Crippen molar-refractivity contribution in [2.45, 2.75) is 31.7 Å². The second kappa shape index (κ2) is 9.16. The van der Waals surface area contributed by atoms with E-state index in [9.17, 15) is 4.79 Å². The molecule has 0 bridgehead atoms. The number of benzene rings is 2. The zero-order chi connectivity index (χ0) is 20.2. The summed E-state index contributed by atoms with van der Waals surface area (Å²) in [4.78, 5) is 19.1. The zero-order valence-corrected chi connectivity index (χ0v) is 17.5. The van der Waals surface area contributed by atoms with Gasteiger partial charge in [-0.25, -0.2) is 4.98 Å². The van der Waals surface area contributed by atoms with Gasteiger partial charge in [-0.05, 0) is 55.8 Å². The number of carbonyl (C=O) groups excluding carboxylic acids is 1. The fourth-order valence-corrected chi connectivity index (χ4v) is 4.05. The Labute approximate surface area is 180 Å². The summed E-state index contributed by atoms with van der Waals surface area (Å²) in [6.07, 6.45) is 2.43. The number of rotatable bonds is 6. The van der Waals surface area contributed by atoms with Crippen LogP contribution in [0.1, 0.15) is 36.6 Å². The standard InChI is InChI=1S/C22H23Cl2N3O2/c23-17-5-6-20-19(13-17)26-22(29-20)15-7-10-27(11-8-15)12-9-21(28)25-14-16-3-1-2-4-18(16)24/h1-6,13,15H,7-12,14H2,(H,25,28). The minimum absolute atomic E-state index is 0.0443. The van der Waals surface area contributed by atoms with Crippen LogP contribution in [0.2, 0.25) is 10.0 Å². The average molecular weight is 432 g/mol. The van der Waals surface area contributed by atoms with Gasteiger partial charge in [0, 0.05) is 35.5 Å². The predicted molar refractivity (Wildman–Crippen MR) is 115 cm³/mol. The van der Waals surface area contributed by atoms with Gasteiger partial charge < -0.3 is 14.6 Å². The molecule has 0 atom stereocenters. The number of carbonyl (C=O) groups is 1. The molecule has 0 saturated carbocycles. The molecule has 1 aliphatic heterocycles. The molecule has 0 spiro atoms. The van der Waals surface area contributed by atoms with Gasteiger partial charge in [0.05, 0.1) is 0 Å². The lowest BCUT2D eigenvalue weighted by Gasteiger charge is -2.30. The van der Waals surface area contributed by atoms with Gasteiger partial charge in [0.15, 0.2) is 11.5 Å². The van der Waals surface area contributed by atoms with Crippen LogP contribution in [0.3, 0.4) is 0 Å². The van der Waals surface area contributed by atoms with Crippen LogP contribution in [-0.4, -0.2) is 35.4 Å². The number of hydrogen-bond acceptors (Lipinski definition) is 4. The molecule has 1 aromatic heterocycles. The number of amides is 1. The summed E-state index contributed by atoms with van der Waals surface area (Å²) < 4.78 is 5.92. The topological polar surface area (TPSA) is 58.4 Å². The van der Waals surface area contributed by atoms with Crippen molar-refractivity contribution in [3.63, 3.8) is 0 Å². The highest BCUT2D eigenvalue weighted by molar-refractivity contribution is 6.31. The Morgan fingerprint density at radius 1 is 1.17 bits per heavy atom. The van der Waals surface area contributed by atoms with Crippen molar-refractivity contribution in [3.8, 4) is 0 Å². The number of oxazole rings is 1. The highest BCUT2D eigenvalue weighted by atomic mass is 35.5. The van der Waals surface area contributed by atoms with Crippen molar-refractivity contribution in [2.75, 3.05) is 19.6 Å². The third kappa shape index (κ3) is 5.10. The third-order valence-electron chi connectivity index (χ3n) is 5.39. The number of nitrogens with zero attached hydrogens (tertiary/aromatic N) is 2. The minimum Gasteiger partial charge on any atom is -0.440 e. The molecule has 0 unspecified atom stereocenters. The van der Waals surface area contributed by atoms with Crippen LogP contribution < -0.4 is 5.32 Å². The van der Waals surface area contributed by atoms with Crippen molar-refractivity contribution < 1.29 is 9.21 Å². The molecular weight excluding hydrogens is 409 g/mol. The second-order valence-electron chi connectivity index (χ2n) is 7.40. The van der Waals surface area contributed by atoms with Crippen molar-refractivity contribution in [1.82, 2.24) is 15.2 Å². The van der Waals surface area contributed by atoms with Gasteiger partial charge in [-0.2, -0.15) is 0 Å². The van der Waals surface area contributed by atoms with Crippen LogP contribution in [0.5, 0.6) is 0 Å². The third-order valence-corrected chi connectivity index (χ3v) is 6.00. The molecule has 4 rings (SSSR count). The smallest absolute Gasteiger partial charge is 0.221 e. The molecule has 3 aromatic rings. The van der Waals surface area contributed by atoms with Crippen LogP contribution in [0.4, 0.5) is 0 Å². The highest BCUT2D eigenvalue weighted by Gasteiger charge is 2.25. The lowest BCUT2D eigenvalue weighted by Crippen LogP contribution is -2.36. The van der Waals surface area contributed by atoms with E-state index >= 15 is 0 Å². The van der Waals surface area contributed by atoms with E-state index in [-0.39, 0.29) is 5.91 Å². The summed E-state index contributed by atoms with van der Waals surface area (Å²) >= 11 is 12.2. The fourth-order valence-electron chi connectivity index (χ4n) is 3.68. The van der Waals surface area contributed by atoms with E-state index < -0.39 is 0 Å². The van der Waals surface area contributed by atoms with E-state index in [0.717, 1.165) is 55.0 Å². The first-order chi connectivity index (χ1) is 14.1. The summed E-state index contributed by atoms with van der Waals surface area (Å²) in [6, 6.07) is 13.1. The normalized spacial score (nSPS) is 15.7. The quantitative estimate of drug-likeness (QED) is 0.594. The summed E-state index contributed by atoms with van der Waals surface area (Å²) in [7, 11) is 0. The minimum atomic E-state index is 0.0443. The molecule has 1 fully saturated rings. The summed E-state index contributed by atoms with van der Waals surface area (Å²) in [5.41, 5.74) is 2.52. The van der Waals surface area contributed by atoms with Crippen LogP contribution in [-0.2, 0) is 11.3 Å². The van der Waals surface area contributed by atoms with Gasteiger partial charge in [0.1, 0.15) is 5.52 Å². The Morgan fingerprint density at radius 3 is 2.76 bits per heavy atom. The number of piperidine rings is 1. The van der Waals surface area contributed by atoms with Crippen LogP contribution >= 0.6 is 23.2 Å². The molecule has 0 radical (unpaired) electrons. The van der Waals surface area contributed by atoms with Crippen LogP contribution in [0.25, 0.3) is 11.1 Å². The maximum atomic E-state index is 12.2. The molecule has 1 amide bonds. The van der Waals surface area contributed by atoms with Crippen LogP contribution in [0, 0.1) is 0 Å². The Kier molecular flexibility index (Phi) is 6.38. The van der Waals surface area contributed by atoms with Gasteiger partial charge >= 0.3 is 0 Å². The van der Waals surface area contributed by atoms with Gasteiger partial charge in [-0.15, -0.1) is 0 Å². The highest BCUT2D eigenvalue weighted by Crippen LogP contribution is 2.30. The summed E-state index contributed by atoms with van der Waals surface area (Å²) in [6.45, 7) is 3.08. The Hall–Kier alpha value is -2.08. The first-order valence-electron chi connectivity index (χ1n) is 9.87. The summed E-state index contributed by atoms with van der Waals surface area (Å²) in [5, 5.41) is 4.29. The maximum absolute atomic E-state index is 12.2. The Balaban J connectivity index is 1.22. The van der Waals surface area contributed by atoms with Crippen LogP contribution in [0.15, 0.2) is 46.9 Å². The lowest BCUT2D eigenvalue weighted by molar-refractivity contribution is -0.121. The van der Waals surface area contributed by atoms with Gasteiger partial charge in [0.25, 0.3) is 0 Å². The molecule has 7 heteroatoms. The SMILES string of the molecule is O=C(CCN1CCC(c2nc3cc(Cl)ccc3o2)CC1)NCc1ccccc1Cl. The van der Waals surface area contributed by atoms with E-state index in [1.807, 2.05) is 42.5 Å².